The van der Waals surface area contributed by atoms with Crippen LogP contribution in [0.2, 0.25) is 0 Å². The quantitative estimate of drug-likeness (QED) is 0.799. The van der Waals surface area contributed by atoms with Crippen molar-refractivity contribution in [3.63, 3.8) is 0 Å². The Bertz CT molecular complexity index is 779. The van der Waals surface area contributed by atoms with Crippen molar-refractivity contribution in [3.8, 4) is 0 Å². The van der Waals surface area contributed by atoms with Gasteiger partial charge >= 0.3 is 0 Å². The third-order valence-corrected chi connectivity index (χ3v) is 5.66. The Morgan fingerprint density at radius 2 is 2.16 bits per heavy atom. The summed E-state index contributed by atoms with van der Waals surface area (Å²) in [5.41, 5.74) is 6.27. The zero-order valence-electron chi connectivity index (χ0n) is 14.0. The summed E-state index contributed by atoms with van der Waals surface area (Å²) in [6, 6.07) is 6.39. The number of carbonyl (C=O) groups excluding carboxylic acids is 1. The Kier molecular flexibility index (Phi) is 6.08. The highest BCUT2D eigenvalue weighted by Crippen LogP contribution is 2.31. The third kappa shape index (κ3) is 3.96. The first-order chi connectivity index (χ1) is 11.4. The Hall–Kier alpha value is -1.64. The van der Waals surface area contributed by atoms with Gasteiger partial charge < -0.3 is 16.0 Å². The second-order valence-corrected chi connectivity index (χ2v) is 7.87. The summed E-state index contributed by atoms with van der Waals surface area (Å²) in [6.45, 7) is 3.03. The number of amides is 1. The standard InChI is InChI=1S/C16H22N4O3S.ClH/c1-11(17)8-9-18-16(21)13-6-4-10-20(13)15-12-5-2-3-7-14(12)24(22,23)19-15;/h2-3,5,7,11,13H,4,6,8-10,17H2,1H3,(H,18,21);1H. The van der Waals surface area contributed by atoms with Gasteiger partial charge in [0.1, 0.15) is 10.9 Å². The maximum atomic E-state index is 12.5. The number of rotatable bonds is 4. The molecule has 0 radical (unpaired) electrons. The van der Waals surface area contributed by atoms with Crippen LogP contribution in [0.15, 0.2) is 33.6 Å². The van der Waals surface area contributed by atoms with Crippen molar-refractivity contribution in [2.24, 2.45) is 10.1 Å². The summed E-state index contributed by atoms with van der Waals surface area (Å²) in [5.74, 6) is 0.285. The first-order valence-electron chi connectivity index (χ1n) is 8.14. The molecule has 1 aromatic carbocycles. The number of amidine groups is 1. The molecule has 0 saturated carbocycles. The molecule has 2 heterocycles. The van der Waals surface area contributed by atoms with Crippen LogP contribution in [-0.2, 0) is 14.8 Å². The van der Waals surface area contributed by atoms with E-state index in [0.29, 0.717) is 37.3 Å². The van der Waals surface area contributed by atoms with Crippen LogP contribution in [0, 0.1) is 0 Å². The van der Waals surface area contributed by atoms with Gasteiger partial charge in [0.15, 0.2) is 5.84 Å². The zero-order valence-corrected chi connectivity index (χ0v) is 15.6. The molecule has 2 unspecified atom stereocenters. The molecule has 0 spiro atoms. The predicted molar refractivity (Wildman–Crippen MR) is 98.4 cm³/mol. The monoisotopic (exact) mass is 386 g/mol. The third-order valence-electron chi connectivity index (χ3n) is 4.34. The van der Waals surface area contributed by atoms with E-state index in [9.17, 15) is 13.2 Å². The van der Waals surface area contributed by atoms with Crippen LogP contribution in [0.25, 0.3) is 0 Å². The minimum Gasteiger partial charge on any atom is -0.354 e. The second-order valence-electron chi connectivity index (χ2n) is 6.29. The summed E-state index contributed by atoms with van der Waals surface area (Å²) in [5, 5.41) is 2.89. The smallest absolute Gasteiger partial charge is 0.285 e. The number of hydrogen-bond donors (Lipinski definition) is 2. The molecule has 1 aromatic rings. The van der Waals surface area contributed by atoms with Crippen LogP contribution < -0.4 is 11.1 Å². The van der Waals surface area contributed by atoms with Crippen LogP contribution >= 0.6 is 12.4 Å². The van der Waals surface area contributed by atoms with Gasteiger partial charge in [-0.05, 0) is 38.3 Å². The van der Waals surface area contributed by atoms with E-state index in [1.807, 2.05) is 11.8 Å². The van der Waals surface area contributed by atoms with Crippen LogP contribution in [0.4, 0.5) is 0 Å². The van der Waals surface area contributed by atoms with Crippen molar-refractivity contribution >= 4 is 34.2 Å². The summed E-state index contributed by atoms with van der Waals surface area (Å²) >= 11 is 0. The minimum absolute atomic E-state index is 0. The van der Waals surface area contributed by atoms with E-state index in [1.54, 1.807) is 24.3 Å². The van der Waals surface area contributed by atoms with Crippen LogP contribution in [0.1, 0.15) is 31.7 Å². The van der Waals surface area contributed by atoms with Gasteiger partial charge in [0.05, 0.1) is 0 Å². The van der Waals surface area contributed by atoms with Crippen molar-refractivity contribution in [3.05, 3.63) is 29.8 Å². The topological polar surface area (TPSA) is 105 Å². The minimum atomic E-state index is -3.67. The first kappa shape index (κ1) is 19.7. The number of likely N-dealkylation sites (tertiary alicyclic amines) is 1. The van der Waals surface area contributed by atoms with Crippen molar-refractivity contribution in [2.45, 2.75) is 43.2 Å². The second kappa shape index (κ2) is 7.72. The number of nitrogens with zero attached hydrogens (tertiary/aromatic N) is 2. The molecule has 2 atom stereocenters. The van der Waals surface area contributed by atoms with Gasteiger partial charge in [-0.3, -0.25) is 4.79 Å². The van der Waals surface area contributed by atoms with E-state index in [0.717, 1.165) is 6.42 Å². The molecule has 138 valence electrons. The highest BCUT2D eigenvalue weighted by molar-refractivity contribution is 7.90. The molecule has 2 aliphatic heterocycles. The molecular weight excluding hydrogens is 364 g/mol. The van der Waals surface area contributed by atoms with Crippen LogP contribution in [-0.4, -0.2) is 50.2 Å². The van der Waals surface area contributed by atoms with Gasteiger partial charge in [0, 0.05) is 24.7 Å². The van der Waals surface area contributed by atoms with Gasteiger partial charge in [-0.2, -0.15) is 8.42 Å². The van der Waals surface area contributed by atoms with E-state index in [-0.39, 0.29) is 29.3 Å². The lowest BCUT2D eigenvalue weighted by Crippen LogP contribution is -2.46. The van der Waals surface area contributed by atoms with Crippen molar-refractivity contribution < 1.29 is 13.2 Å². The van der Waals surface area contributed by atoms with E-state index in [1.165, 1.54) is 0 Å². The molecule has 1 amide bonds. The fourth-order valence-corrected chi connectivity index (χ4v) is 4.35. The highest BCUT2D eigenvalue weighted by atomic mass is 35.5. The normalized spacial score (nSPS) is 21.9. The molecule has 1 saturated heterocycles. The van der Waals surface area contributed by atoms with Crippen molar-refractivity contribution in [1.82, 2.24) is 10.2 Å². The number of carbonyl (C=O) groups is 1. The van der Waals surface area contributed by atoms with E-state index < -0.39 is 16.1 Å². The maximum Gasteiger partial charge on any atom is 0.285 e. The molecule has 25 heavy (non-hydrogen) atoms. The zero-order chi connectivity index (χ0) is 17.3. The number of nitrogens with two attached hydrogens (primary N) is 1. The number of benzene rings is 1. The lowest BCUT2D eigenvalue weighted by Gasteiger charge is -2.25. The highest BCUT2D eigenvalue weighted by Gasteiger charge is 2.38. The van der Waals surface area contributed by atoms with Gasteiger partial charge in [0.25, 0.3) is 10.0 Å². The lowest BCUT2D eigenvalue weighted by atomic mass is 10.1. The fraction of sp³-hybridized carbons (Fsp3) is 0.500. The Morgan fingerprint density at radius 3 is 2.88 bits per heavy atom. The predicted octanol–water partition coefficient (Wildman–Crippen LogP) is 0.875. The van der Waals surface area contributed by atoms with Gasteiger partial charge in [-0.25, -0.2) is 0 Å². The van der Waals surface area contributed by atoms with Crippen molar-refractivity contribution in [1.29, 1.82) is 0 Å². The summed E-state index contributed by atoms with van der Waals surface area (Å²) in [7, 11) is -3.67. The summed E-state index contributed by atoms with van der Waals surface area (Å²) < 4.78 is 28.4. The van der Waals surface area contributed by atoms with Crippen LogP contribution in [0.3, 0.4) is 0 Å². The SMILES string of the molecule is CC(N)CCNC(=O)C1CCCN1C1=NS(=O)(=O)c2ccccc21.Cl. The molecule has 7 nitrogen and oxygen atoms in total. The molecule has 0 aromatic heterocycles. The van der Waals surface area contributed by atoms with E-state index in [4.69, 9.17) is 5.73 Å². The van der Waals surface area contributed by atoms with E-state index in [2.05, 4.69) is 9.71 Å². The fourth-order valence-electron chi connectivity index (χ4n) is 3.13. The molecule has 2 aliphatic rings. The lowest BCUT2D eigenvalue weighted by molar-refractivity contribution is -0.124. The average molecular weight is 387 g/mol. The first-order valence-corrected chi connectivity index (χ1v) is 9.58. The molecule has 1 fully saturated rings. The molecule has 0 aliphatic carbocycles. The van der Waals surface area contributed by atoms with Gasteiger partial charge in [0.2, 0.25) is 5.91 Å². The molecule has 3 rings (SSSR count). The number of nitrogens with one attached hydrogen (secondary N) is 1. The summed E-state index contributed by atoms with van der Waals surface area (Å²) in [6.07, 6.45) is 2.22. The van der Waals surface area contributed by atoms with E-state index >= 15 is 0 Å². The summed E-state index contributed by atoms with van der Waals surface area (Å²) in [4.78, 5) is 14.5. The largest absolute Gasteiger partial charge is 0.354 e. The molecular formula is C16H23ClN4O3S. The number of sulfonamides is 1. The Morgan fingerprint density at radius 1 is 1.44 bits per heavy atom. The van der Waals surface area contributed by atoms with Crippen molar-refractivity contribution in [2.75, 3.05) is 13.1 Å². The van der Waals surface area contributed by atoms with Gasteiger partial charge in [-0.1, -0.05) is 12.1 Å². The molecule has 3 N–H and O–H groups in total. The Labute approximate surface area is 154 Å². The molecule has 0 bridgehead atoms. The molecule has 9 heteroatoms. The number of fused-ring (bicyclic) bond motifs is 1. The maximum absolute atomic E-state index is 12.5. The number of halogens is 1. The average Bonchev–Trinajstić information content (AvgIpc) is 3.10. The number of hydrogen-bond acceptors (Lipinski definition) is 5. The van der Waals surface area contributed by atoms with Gasteiger partial charge in [-0.15, -0.1) is 16.8 Å². The van der Waals surface area contributed by atoms with Crippen LogP contribution in [0.5, 0.6) is 0 Å². The Balaban J connectivity index is 0.00000225.